The minimum atomic E-state index is -1.44. The van der Waals surface area contributed by atoms with Gasteiger partial charge in [0, 0.05) is 37.3 Å². The first-order valence-electron chi connectivity index (χ1n) is 11.7. The molecular weight excluding hydrogens is 394 g/mol. The Bertz CT molecular complexity index is 858. The normalized spacial score (nSPS) is 35.0. The molecule has 3 saturated heterocycles. The molecule has 2 unspecified atom stereocenters. The van der Waals surface area contributed by atoms with Gasteiger partial charge in [-0.15, -0.1) is 0 Å². The summed E-state index contributed by atoms with van der Waals surface area (Å²) in [5.74, 6) is 0.368. The van der Waals surface area contributed by atoms with Crippen LogP contribution in [0.15, 0.2) is 24.3 Å². The fourth-order valence-corrected chi connectivity index (χ4v) is 6.41. The van der Waals surface area contributed by atoms with Crippen molar-refractivity contribution in [1.29, 1.82) is 0 Å². The Morgan fingerprint density at radius 3 is 2.58 bits per heavy atom. The standard InChI is InChI=1S/C24H33N3O4/c1-3-31-23(29)26-17-8-9-18(26)13-16(12-17)14-25-11-10-19(15-25)27-21-7-5-4-6-20(21)24(2,30)22(27)28/h4-7,16-19,30H,3,8-15H2,1-2H3/t16?,17-,18?,19+,24-/m1/s1. The number of anilines is 1. The number of fused-ring (bicyclic) bond motifs is 3. The highest BCUT2D eigenvalue weighted by Crippen LogP contribution is 2.43. The summed E-state index contributed by atoms with van der Waals surface area (Å²) in [5.41, 5.74) is 0.120. The van der Waals surface area contributed by atoms with Gasteiger partial charge in [0.15, 0.2) is 5.60 Å². The number of carbonyl (C=O) groups excluding carboxylic acids is 2. The summed E-state index contributed by atoms with van der Waals surface area (Å²) < 4.78 is 5.28. The van der Waals surface area contributed by atoms with E-state index in [2.05, 4.69) is 4.90 Å². The third kappa shape index (κ3) is 3.42. The maximum Gasteiger partial charge on any atom is 0.410 e. The zero-order chi connectivity index (χ0) is 21.8. The number of nitrogens with zero attached hydrogens (tertiary/aromatic N) is 3. The molecule has 4 heterocycles. The van der Waals surface area contributed by atoms with E-state index in [1.165, 1.54) is 0 Å². The van der Waals surface area contributed by atoms with E-state index < -0.39 is 5.60 Å². The van der Waals surface area contributed by atoms with Gasteiger partial charge in [0.25, 0.3) is 5.91 Å². The molecule has 0 aliphatic carbocycles. The molecular formula is C24H33N3O4. The molecule has 1 aromatic rings. The van der Waals surface area contributed by atoms with E-state index in [4.69, 9.17) is 4.74 Å². The highest BCUT2D eigenvalue weighted by molar-refractivity contribution is 6.07. The second-order valence-electron chi connectivity index (χ2n) is 9.80. The topological polar surface area (TPSA) is 73.3 Å². The van der Waals surface area contributed by atoms with Gasteiger partial charge in [-0.05, 0) is 57.9 Å². The Kier molecular flexibility index (Phi) is 5.21. The number of benzene rings is 1. The zero-order valence-corrected chi connectivity index (χ0v) is 18.5. The van der Waals surface area contributed by atoms with Crippen molar-refractivity contribution < 1.29 is 19.4 Å². The minimum absolute atomic E-state index is 0.0963. The highest BCUT2D eigenvalue weighted by Gasteiger charge is 2.50. The van der Waals surface area contributed by atoms with Gasteiger partial charge < -0.3 is 24.5 Å². The summed E-state index contributed by atoms with van der Waals surface area (Å²) in [6.45, 7) is 6.71. The van der Waals surface area contributed by atoms with Gasteiger partial charge in [-0.2, -0.15) is 0 Å². The Hall–Kier alpha value is -2.12. The Morgan fingerprint density at radius 2 is 1.87 bits per heavy atom. The first-order valence-corrected chi connectivity index (χ1v) is 11.7. The van der Waals surface area contributed by atoms with Crippen LogP contribution in [0.25, 0.3) is 0 Å². The van der Waals surface area contributed by atoms with Crippen molar-refractivity contribution in [3.63, 3.8) is 0 Å². The molecule has 4 aliphatic heterocycles. The molecule has 0 aromatic heterocycles. The monoisotopic (exact) mass is 427 g/mol. The molecule has 31 heavy (non-hydrogen) atoms. The molecule has 3 fully saturated rings. The maximum absolute atomic E-state index is 13.0. The van der Waals surface area contributed by atoms with Gasteiger partial charge in [0.1, 0.15) is 0 Å². The lowest BCUT2D eigenvalue weighted by atomic mass is 9.90. The van der Waals surface area contributed by atoms with Crippen LogP contribution in [-0.2, 0) is 15.1 Å². The first kappa shape index (κ1) is 20.8. The maximum atomic E-state index is 13.0. The lowest BCUT2D eigenvalue weighted by Crippen LogP contribution is -2.49. The average Bonchev–Trinajstić information content (AvgIpc) is 3.36. The van der Waals surface area contributed by atoms with Crippen LogP contribution in [0.4, 0.5) is 10.5 Å². The summed E-state index contributed by atoms with van der Waals surface area (Å²) in [6, 6.07) is 8.32. The quantitative estimate of drug-likeness (QED) is 0.800. The van der Waals surface area contributed by atoms with Gasteiger partial charge in [-0.25, -0.2) is 4.79 Å². The van der Waals surface area contributed by atoms with Crippen LogP contribution in [0.3, 0.4) is 0 Å². The SMILES string of the molecule is CCOC(=O)N1C2CC[C@@H]1CC(CN1CC[C@H](N3C(=O)[C@](C)(O)c4ccccc43)C1)C2. The molecule has 5 rings (SSSR count). The molecule has 0 spiro atoms. The molecule has 7 nitrogen and oxygen atoms in total. The Labute approximate surface area is 183 Å². The third-order valence-corrected chi connectivity index (χ3v) is 7.76. The Balaban J connectivity index is 1.22. The highest BCUT2D eigenvalue weighted by atomic mass is 16.6. The second kappa shape index (κ2) is 7.78. The number of aliphatic hydroxyl groups is 1. The van der Waals surface area contributed by atoms with E-state index in [1.807, 2.05) is 41.0 Å². The number of hydrogen-bond acceptors (Lipinski definition) is 5. The second-order valence-corrected chi connectivity index (χ2v) is 9.80. The molecule has 2 bridgehead atoms. The minimum Gasteiger partial charge on any atom is -0.450 e. The van der Waals surface area contributed by atoms with Crippen molar-refractivity contribution in [3.05, 3.63) is 29.8 Å². The van der Waals surface area contributed by atoms with E-state index in [0.717, 1.165) is 57.4 Å². The van der Waals surface area contributed by atoms with Gasteiger partial charge in [0.2, 0.25) is 0 Å². The van der Waals surface area contributed by atoms with Crippen LogP contribution in [-0.4, -0.2) is 71.3 Å². The van der Waals surface area contributed by atoms with Crippen LogP contribution in [0.1, 0.15) is 51.5 Å². The molecule has 1 N–H and O–H groups in total. The summed E-state index contributed by atoms with van der Waals surface area (Å²) >= 11 is 0. The lowest BCUT2D eigenvalue weighted by Gasteiger charge is -2.39. The van der Waals surface area contributed by atoms with Crippen LogP contribution in [0, 0.1) is 5.92 Å². The smallest absolute Gasteiger partial charge is 0.410 e. The molecule has 0 saturated carbocycles. The zero-order valence-electron chi connectivity index (χ0n) is 18.5. The number of piperidine rings is 1. The number of likely N-dealkylation sites (tertiary alicyclic amines) is 1. The summed E-state index contributed by atoms with van der Waals surface area (Å²) in [7, 11) is 0. The summed E-state index contributed by atoms with van der Waals surface area (Å²) in [4.78, 5) is 31.6. The first-order chi connectivity index (χ1) is 14.9. The molecule has 1 aromatic carbocycles. The van der Waals surface area contributed by atoms with Gasteiger partial charge in [0.05, 0.1) is 18.3 Å². The fourth-order valence-electron chi connectivity index (χ4n) is 6.41. The number of ether oxygens (including phenoxy) is 1. The van der Waals surface area contributed by atoms with Crippen LogP contribution < -0.4 is 4.90 Å². The van der Waals surface area contributed by atoms with Crippen LogP contribution in [0.5, 0.6) is 0 Å². The summed E-state index contributed by atoms with van der Waals surface area (Å²) in [5, 5.41) is 10.8. The molecule has 0 radical (unpaired) electrons. The van der Waals surface area contributed by atoms with Gasteiger partial charge >= 0.3 is 6.09 Å². The van der Waals surface area contributed by atoms with Crippen molar-refractivity contribution >= 4 is 17.7 Å². The lowest BCUT2D eigenvalue weighted by molar-refractivity contribution is -0.134. The van der Waals surface area contributed by atoms with E-state index in [0.29, 0.717) is 30.2 Å². The molecule has 5 atom stereocenters. The predicted octanol–water partition coefficient (Wildman–Crippen LogP) is 2.71. The van der Waals surface area contributed by atoms with E-state index >= 15 is 0 Å². The Morgan fingerprint density at radius 1 is 1.16 bits per heavy atom. The van der Waals surface area contributed by atoms with E-state index in [-0.39, 0.29) is 18.0 Å². The van der Waals surface area contributed by atoms with E-state index in [1.54, 1.807) is 6.92 Å². The average molecular weight is 428 g/mol. The van der Waals surface area contributed by atoms with Crippen molar-refractivity contribution in [3.8, 4) is 0 Å². The van der Waals surface area contributed by atoms with Crippen LogP contribution in [0.2, 0.25) is 0 Å². The van der Waals surface area contributed by atoms with Gasteiger partial charge in [-0.1, -0.05) is 18.2 Å². The number of amides is 2. The third-order valence-electron chi connectivity index (χ3n) is 7.76. The predicted molar refractivity (Wildman–Crippen MR) is 117 cm³/mol. The number of para-hydroxylation sites is 1. The number of carbonyl (C=O) groups is 2. The molecule has 7 heteroatoms. The molecule has 2 amide bonds. The number of hydrogen-bond donors (Lipinski definition) is 1. The van der Waals surface area contributed by atoms with Gasteiger partial charge in [-0.3, -0.25) is 4.79 Å². The molecule has 4 aliphatic rings. The van der Waals surface area contributed by atoms with Crippen molar-refractivity contribution in [2.75, 3.05) is 31.1 Å². The largest absolute Gasteiger partial charge is 0.450 e. The fraction of sp³-hybridized carbons (Fsp3) is 0.667. The summed E-state index contributed by atoms with van der Waals surface area (Å²) in [6.07, 6.45) is 5.01. The molecule has 168 valence electrons. The van der Waals surface area contributed by atoms with Crippen molar-refractivity contribution in [2.45, 2.75) is 69.7 Å². The van der Waals surface area contributed by atoms with Crippen LogP contribution >= 0.6 is 0 Å². The van der Waals surface area contributed by atoms with Crippen molar-refractivity contribution in [1.82, 2.24) is 9.80 Å². The number of rotatable bonds is 4. The van der Waals surface area contributed by atoms with Crippen molar-refractivity contribution in [2.24, 2.45) is 5.92 Å². The van der Waals surface area contributed by atoms with E-state index in [9.17, 15) is 14.7 Å².